The van der Waals surface area contributed by atoms with Gasteiger partial charge in [-0.2, -0.15) is 0 Å². The Morgan fingerprint density at radius 1 is 0.900 bits per heavy atom. The Hall–Kier alpha value is -3.85. The highest BCUT2D eigenvalue weighted by molar-refractivity contribution is 5.96. The van der Waals surface area contributed by atoms with Crippen LogP contribution in [-0.2, 0) is 27.2 Å². The van der Waals surface area contributed by atoms with Crippen LogP contribution in [0.1, 0.15) is 38.3 Å². The molecular weight excluding hydrogens is 504 g/mol. The number of hydrogen-bond donors (Lipinski definition) is 3. The number of nitrogens with two attached hydrogens (primary N) is 2. The number of carbonyl (C=O) groups excluding carboxylic acids is 3. The number of nitrogens with zero attached hydrogens (tertiary/aromatic N) is 2. The number of likely N-dealkylation sites (N-methyl/N-ethyl adjacent to an activating group) is 1. The fourth-order valence-electron chi connectivity index (χ4n) is 4.47. The molecule has 0 aromatic heterocycles. The average molecular weight is 545 g/mol. The second-order valence-corrected chi connectivity index (χ2v) is 11.0. The van der Waals surface area contributed by atoms with Crippen LogP contribution in [0.15, 0.2) is 84.9 Å². The third-order valence-electron chi connectivity index (χ3n) is 6.82. The number of fused-ring (bicyclic) bond motifs is 1. The van der Waals surface area contributed by atoms with Crippen molar-refractivity contribution in [3.63, 3.8) is 0 Å². The Kier molecular flexibility index (Phi) is 10.3. The van der Waals surface area contributed by atoms with Crippen LogP contribution >= 0.6 is 0 Å². The van der Waals surface area contributed by atoms with E-state index in [1.807, 2.05) is 86.6 Å². The third kappa shape index (κ3) is 8.32. The molecule has 0 fully saturated rings. The van der Waals surface area contributed by atoms with E-state index in [2.05, 4.69) is 0 Å². The lowest BCUT2D eigenvalue weighted by Crippen LogP contribution is -2.56. The molecule has 0 heterocycles. The first-order valence-electron chi connectivity index (χ1n) is 13.4. The van der Waals surface area contributed by atoms with Gasteiger partial charge in [-0.15, -0.1) is 0 Å². The molecule has 212 valence electrons. The Bertz CT molecular complexity index is 1350. The standard InChI is InChI=1S/C32H40N4O4/c1-22(33)30(38)27(20-23-11-6-5-7-12-23)36(40)31(39)28(35(4)29(37)15-10-18-32(2,3)34)21-24-16-17-25-13-8-9-14-26(25)19-24/h5-17,19,22,27-28,40H,18,20-21,33-34H2,1-4H3/b15-10+/t22?,27-,28-/m1/s1. The lowest BCUT2D eigenvalue weighted by Gasteiger charge is -2.33. The molecule has 1 unspecified atom stereocenters. The molecule has 0 aliphatic rings. The zero-order valence-corrected chi connectivity index (χ0v) is 23.7. The molecule has 0 aliphatic heterocycles. The summed E-state index contributed by atoms with van der Waals surface area (Å²) in [6.07, 6.45) is 3.72. The Balaban J connectivity index is 1.95. The van der Waals surface area contributed by atoms with Crippen LogP contribution in [0.4, 0.5) is 0 Å². The molecule has 3 rings (SSSR count). The SMILES string of the molecule is CC(N)C(=O)[C@@H](Cc1ccccc1)N(O)C(=O)[C@@H](Cc1ccc2ccccc2c1)N(C)C(=O)/C=C/CC(C)(C)N. The van der Waals surface area contributed by atoms with Gasteiger partial charge in [0.2, 0.25) is 5.91 Å². The summed E-state index contributed by atoms with van der Waals surface area (Å²) in [6.45, 7) is 5.22. The summed E-state index contributed by atoms with van der Waals surface area (Å²) in [5.74, 6) is -1.68. The van der Waals surface area contributed by atoms with E-state index in [1.165, 1.54) is 24.9 Å². The maximum Gasteiger partial charge on any atom is 0.269 e. The normalized spacial score (nSPS) is 14.1. The summed E-state index contributed by atoms with van der Waals surface area (Å²) in [4.78, 5) is 41.4. The van der Waals surface area contributed by atoms with Gasteiger partial charge in [-0.25, -0.2) is 5.06 Å². The van der Waals surface area contributed by atoms with Crippen LogP contribution in [0.25, 0.3) is 10.8 Å². The lowest BCUT2D eigenvalue weighted by molar-refractivity contribution is -0.184. The second kappa shape index (κ2) is 13.5. The van der Waals surface area contributed by atoms with Gasteiger partial charge in [0.25, 0.3) is 5.91 Å². The van der Waals surface area contributed by atoms with Crippen molar-refractivity contribution in [1.82, 2.24) is 9.96 Å². The van der Waals surface area contributed by atoms with E-state index in [9.17, 15) is 19.6 Å². The number of hydroxylamine groups is 2. The summed E-state index contributed by atoms with van der Waals surface area (Å²) in [5, 5.41) is 13.7. The molecule has 0 spiro atoms. The second-order valence-electron chi connectivity index (χ2n) is 11.0. The van der Waals surface area contributed by atoms with E-state index < -0.39 is 41.3 Å². The van der Waals surface area contributed by atoms with Crippen molar-refractivity contribution in [2.45, 2.75) is 63.7 Å². The summed E-state index contributed by atoms with van der Waals surface area (Å²) in [7, 11) is 1.51. The highest BCUT2D eigenvalue weighted by atomic mass is 16.5. The maximum atomic E-state index is 13.9. The van der Waals surface area contributed by atoms with Crippen molar-refractivity contribution in [2.24, 2.45) is 11.5 Å². The number of carbonyl (C=O) groups is 3. The summed E-state index contributed by atoms with van der Waals surface area (Å²) in [6, 6.07) is 19.5. The van der Waals surface area contributed by atoms with Crippen LogP contribution in [-0.4, -0.2) is 63.5 Å². The topological polar surface area (TPSA) is 130 Å². The molecule has 0 aliphatic carbocycles. The van der Waals surface area contributed by atoms with Crippen molar-refractivity contribution < 1.29 is 19.6 Å². The molecule has 0 radical (unpaired) electrons. The van der Waals surface area contributed by atoms with Gasteiger partial charge in [0, 0.05) is 25.4 Å². The quantitative estimate of drug-likeness (QED) is 0.181. The Labute approximate surface area is 236 Å². The molecule has 40 heavy (non-hydrogen) atoms. The predicted octanol–water partition coefficient (Wildman–Crippen LogP) is 3.64. The van der Waals surface area contributed by atoms with E-state index in [0.29, 0.717) is 11.5 Å². The number of Topliss-reactive ketones (excluding diaryl/α,β-unsaturated/α-hetero) is 1. The maximum absolute atomic E-state index is 13.9. The van der Waals surface area contributed by atoms with Crippen molar-refractivity contribution >= 4 is 28.4 Å². The summed E-state index contributed by atoms with van der Waals surface area (Å²) < 4.78 is 0. The van der Waals surface area contributed by atoms with E-state index in [1.54, 1.807) is 6.08 Å². The van der Waals surface area contributed by atoms with Crippen LogP contribution in [0.5, 0.6) is 0 Å². The Morgan fingerprint density at radius 3 is 2.12 bits per heavy atom. The smallest absolute Gasteiger partial charge is 0.269 e. The fourth-order valence-corrected chi connectivity index (χ4v) is 4.47. The molecule has 3 aromatic rings. The minimum atomic E-state index is -1.22. The van der Waals surface area contributed by atoms with Crippen molar-refractivity contribution in [2.75, 3.05) is 7.05 Å². The van der Waals surface area contributed by atoms with Crippen LogP contribution < -0.4 is 11.5 Å². The zero-order chi connectivity index (χ0) is 29.4. The molecule has 5 N–H and O–H groups in total. The summed E-state index contributed by atoms with van der Waals surface area (Å²) in [5.41, 5.74) is 13.0. The molecule has 0 saturated heterocycles. The van der Waals surface area contributed by atoms with Gasteiger partial charge in [0.05, 0.1) is 6.04 Å². The molecular formula is C32H40N4O4. The fraction of sp³-hybridized carbons (Fsp3) is 0.344. The molecule has 3 atom stereocenters. The molecule has 8 nitrogen and oxygen atoms in total. The zero-order valence-electron chi connectivity index (χ0n) is 23.7. The van der Waals surface area contributed by atoms with Crippen LogP contribution in [0.2, 0.25) is 0 Å². The summed E-state index contributed by atoms with van der Waals surface area (Å²) >= 11 is 0. The first-order valence-corrected chi connectivity index (χ1v) is 13.4. The predicted molar refractivity (Wildman–Crippen MR) is 157 cm³/mol. The van der Waals surface area contributed by atoms with E-state index in [-0.39, 0.29) is 12.8 Å². The van der Waals surface area contributed by atoms with Gasteiger partial charge in [-0.05, 0) is 55.2 Å². The molecule has 8 heteroatoms. The number of rotatable bonds is 12. The van der Waals surface area contributed by atoms with Gasteiger partial charge in [0.1, 0.15) is 12.1 Å². The number of amides is 2. The van der Waals surface area contributed by atoms with Gasteiger partial charge in [-0.1, -0.05) is 78.9 Å². The highest BCUT2D eigenvalue weighted by Crippen LogP contribution is 2.20. The largest absolute Gasteiger partial charge is 0.330 e. The molecule has 0 saturated carbocycles. The first-order chi connectivity index (χ1) is 18.9. The van der Waals surface area contributed by atoms with E-state index >= 15 is 0 Å². The minimum Gasteiger partial charge on any atom is -0.330 e. The van der Waals surface area contributed by atoms with Gasteiger partial charge in [0.15, 0.2) is 5.78 Å². The monoisotopic (exact) mass is 544 g/mol. The molecule has 2 amide bonds. The first kappa shape index (κ1) is 30.7. The van der Waals surface area contributed by atoms with Crippen LogP contribution in [0, 0.1) is 0 Å². The lowest BCUT2D eigenvalue weighted by atomic mass is 9.96. The van der Waals surface area contributed by atoms with Crippen molar-refractivity contribution in [3.8, 4) is 0 Å². The van der Waals surface area contributed by atoms with Gasteiger partial charge >= 0.3 is 0 Å². The van der Waals surface area contributed by atoms with Crippen molar-refractivity contribution in [1.29, 1.82) is 0 Å². The molecule has 3 aromatic carbocycles. The van der Waals surface area contributed by atoms with Gasteiger partial charge in [-0.3, -0.25) is 19.6 Å². The molecule has 0 bridgehead atoms. The minimum absolute atomic E-state index is 0.0787. The number of ketones is 1. The Morgan fingerprint density at radius 2 is 1.50 bits per heavy atom. The number of hydrogen-bond acceptors (Lipinski definition) is 6. The van der Waals surface area contributed by atoms with Gasteiger partial charge < -0.3 is 16.4 Å². The van der Waals surface area contributed by atoms with Crippen LogP contribution in [0.3, 0.4) is 0 Å². The average Bonchev–Trinajstić information content (AvgIpc) is 2.92. The van der Waals surface area contributed by atoms with E-state index in [4.69, 9.17) is 11.5 Å². The number of benzene rings is 3. The third-order valence-corrected chi connectivity index (χ3v) is 6.82. The van der Waals surface area contributed by atoms with Crippen molar-refractivity contribution in [3.05, 3.63) is 96.1 Å². The van der Waals surface area contributed by atoms with E-state index in [0.717, 1.165) is 21.9 Å². The highest BCUT2D eigenvalue weighted by Gasteiger charge is 2.37.